The molecule has 6 nitrogen and oxygen atoms in total. The lowest BCUT2D eigenvalue weighted by molar-refractivity contribution is -0.131. The molecule has 0 fully saturated rings. The van der Waals surface area contributed by atoms with Crippen molar-refractivity contribution in [3.8, 4) is 17.2 Å². The number of benzene rings is 1. The van der Waals surface area contributed by atoms with Crippen molar-refractivity contribution in [2.24, 2.45) is 0 Å². The van der Waals surface area contributed by atoms with E-state index in [4.69, 9.17) is 18.6 Å². The minimum Gasteiger partial charge on any atom is -0.490 e. The summed E-state index contributed by atoms with van der Waals surface area (Å²) >= 11 is 0. The summed E-state index contributed by atoms with van der Waals surface area (Å²) < 4.78 is 22.5. The Balaban J connectivity index is 2.08. The van der Waals surface area contributed by atoms with Gasteiger partial charge in [0.15, 0.2) is 17.1 Å². The molecule has 0 saturated carbocycles. The Morgan fingerprint density at radius 2 is 1.64 bits per heavy atom. The first-order valence-corrected chi connectivity index (χ1v) is 12.3. The van der Waals surface area contributed by atoms with Crippen molar-refractivity contribution in [3.05, 3.63) is 40.8 Å². The first kappa shape index (κ1) is 26.5. The maximum absolute atomic E-state index is 12.7. The second-order valence-corrected chi connectivity index (χ2v) is 8.11. The number of ether oxygens (including phenoxy) is 3. The lowest BCUT2D eigenvalue weighted by Gasteiger charge is -2.13. The van der Waals surface area contributed by atoms with Crippen molar-refractivity contribution in [2.75, 3.05) is 13.2 Å². The molecule has 6 heteroatoms. The van der Waals surface area contributed by atoms with Gasteiger partial charge in [0.05, 0.1) is 18.6 Å². The van der Waals surface area contributed by atoms with Crippen molar-refractivity contribution in [3.63, 3.8) is 0 Å². The number of hydrogen-bond acceptors (Lipinski definition) is 6. The fourth-order valence-corrected chi connectivity index (χ4v) is 3.57. The van der Waals surface area contributed by atoms with Gasteiger partial charge in [0, 0.05) is 6.92 Å². The molecule has 0 saturated heterocycles. The van der Waals surface area contributed by atoms with Crippen molar-refractivity contribution in [1.29, 1.82) is 0 Å². The molecule has 1 aromatic heterocycles. The van der Waals surface area contributed by atoms with Crippen LogP contribution in [0, 0.1) is 0 Å². The summed E-state index contributed by atoms with van der Waals surface area (Å²) in [6.07, 6.45) is 15.2. The van der Waals surface area contributed by atoms with Gasteiger partial charge in [0.2, 0.25) is 5.75 Å². The van der Waals surface area contributed by atoms with E-state index in [1.165, 1.54) is 45.4 Å². The van der Waals surface area contributed by atoms with Gasteiger partial charge in [0.25, 0.3) is 0 Å². The lowest BCUT2D eigenvalue weighted by Crippen LogP contribution is -2.13. The van der Waals surface area contributed by atoms with E-state index in [1.54, 1.807) is 18.2 Å². The van der Waals surface area contributed by atoms with Crippen molar-refractivity contribution in [1.82, 2.24) is 0 Å². The molecule has 2 rings (SSSR count). The Morgan fingerprint density at radius 1 is 0.909 bits per heavy atom. The molecular formula is C27H38O6. The molecule has 0 unspecified atom stereocenters. The predicted molar refractivity (Wildman–Crippen MR) is 131 cm³/mol. The number of rotatable bonds is 16. The van der Waals surface area contributed by atoms with Gasteiger partial charge in [-0.3, -0.25) is 4.79 Å². The zero-order valence-corrected chi connectivity index (χ0v) is 20.3. The summed E-state index contributed by atoms with van der Waals surface area (Å²) in [5.74, 6) is -0.102. The average Bonchev–Trinajstić information content (AvgIpc) is 2.79. The van der Waals surface area contributed by atoms with Crippen LogP contribution in [-0.2, 0) is 4.79 Å². The van der Waals surface area contributed by atoms with E-state index in [0.717, 1.165) is 19.3 Å². The van der Waals surface area contributed by atoms with Crippen LogP contribution in [0.4, 0.5) is 0 Å². The quantitative estimate of drug-likeness (QED) is 0.117. The van der Waals surface area contributed by atoms with Gasteiger partial charge in [-0.05, 0) is 31.4 Å². The highest BCUT2D eigenvalue weighted by molar-refractivity contribution is 5.91. The van der Waals surface area contributed by atoms with E-state index >= 15 is 0 Å². The largest absolute Gasteiger partial charge is 0.490 e. The number of hydrogen-bond donors (Lipinski definition) is 0. The summed E-state index contributed by atoms with van der Waals surface area (Å²) in [6, 6.07) is 5.26. The predicted octanol–water partition coefficient (Wildman–Crippen LogP) is 6.97. The number of fused-ring (bicyclic) bond motifs is 1. The summed E-state index contributed by atoms with van der Waals surface area (Å²) in [5, 5.41) is 0.470. The van der Waals surface area contributed by atoms with Crippen molar-refractivity contribution < 1.29 is 23.4 Å². The molecule has 33 heavy (non-hydrogen) atoms. The fourth-order valence-electron chi connectivity index (χ4n) is 3.57. The summed E-state index contributed by atoms with van der Waals surface area (Å²) in [6.45, 7) is 6.36. The van der Waals surface area contributed by atoms with Crippen LogP contribution in [0.3, 0.4) is 0 Å². The molecule has 0 atom stereocenters. The number of carbonyl (C=O) groups is 1. The van der Waals surface area contributed by atoms with Crippen LogP contribution in [0.15, 0.2) is 39.6 Å². The molecule has 2 aromatic rings. The highest BCUT2D eigenvalue weighted by atomic mass is 16.6. The summed E-state index contributed by atoms with van der Waals surface area (Å²) in [4.78, 5) is 24.4. The second kappa shape index (κ2) is 15.1. The third-order valence-electron chi connectivity index (χ3n) is 5.24. The lowest BCUT2D eigenvalue weighted by atomic mass is 10.1. The Bertz CT molecular complexity index is 944. The Labute approximate surface area is 196 Å². The number of unbranched alkanes of at least 4 members (excludes halogenated alkanes) is 7. The first-order chi connectivity index (χ1) is 16.1. The number of para-hydroxylation sites is 1. The van der Waals surface area contributed by atoms with Crippen LogP contribution in [0.5, 0.6) is 17.2 Å². The summed E-state index contributed by atoms with van der Waals surface area (Å²) in [7, 11) is 0. The minimum absolute atomic E-state index is 0.0748. The topological polar surface area (TPSA) is 75.0 Å². The third-order valence-corrected chi connectivity index (χ3v) is 5.24. The van der Waals surface area contributed by atoms with E-state index in [2.05, 4.69) is 6.92 Å². The first-order valence-electron chi connectivity index (χ1n) is 12.3. The maximum atomic E-state index is 12.7. The number of carbonyl (C=O) groups excluding carboxylic acids is 1. The van der Waals surface area contributed by atoms with Gasteiger partial charge in [-0.25, -0.2) is 4.79 Å². The van der Waals surface area contributed by atoms with Crippen LogP contribution in [0.2, 0.25) is 0 Å². The van der Waals surface area contributed by atoms with Crippen LogP contribution in [0.25, 0.3) is 11.0 Å². The normalized spacial score (nSPS) is 11.2. The molecule has 1 heterocycles. The van der Waals surface area contributed by atoms with Crippen LogP contribution in [0.1, 0.15) is 85.0 Å². The molecule has 0 amide bonds. The molecule has 0 aliphatic carbocycles. The van der Waals surface area contributed by atoms with E-state index in [9.17, 15) is 9.59 Å². The van der Waals surface area contributed by atoms with E-state index < -0.39 is 11.6 Å². The monoisotopic (exact) mass is 458 g/mol. The van der Waals surface area contributed by atoms with E-state index in [-0.39, 0.29) is 23.7 Å². The van der Waals surface area contributed by atoms with Gasteiger partial charge in [-0.15, -0.1) is 0 Å². The van der Waals surface area contributed by atoms with Gasteiger partial charge in [-0.2, -0.15) is 0 Å². The van der Waals surface area contributed by atoms with Crippen LogP contribution >= 0.6 is 0 Å². The molecule has 0 N–H and O–H groups in total. The molecular weight excluding hydrogens is 420 g/mol. The van der Waals surface area contributed by atoms with E-state index in [1.807, 2.05) is 19.1 Å². The maximum Gasteiger partial charge on any atom is 0.383 e. The van der Waals surface area contributed by atoms with Crippen LogP contribution in [-0.4, -0.2) is 19.2 Å². The molecule has 0 radical (unpaired) electrons. The number of allylic oxidation sites excluding steroid dienone is 1. The Kier molecular flexibility index (Phi) is 12.2. The smallest absolute Gasteiger partial charge is 0.383 e. The molecule has 0 aliphatic rings. The molecule has 182 valence electrons. The average molecular weight is 459 g/mol. The van der Waals surface area contributed by atoms with Gasteiger partial charge in [-0.1, -0.05) is 77.0 Å². The Morgan fingerprint density at radius 3 is 2.33 bits per heavy atom. The van der Waals surface area contributed by atoms with E-state index in [0.29, 0.717) is 24.2 Å². The highest BCUT2D eigenvalue weighted by Crippen LogP contribution is 2.37. The van der Waals surface area contributed by atoms with Crippen molar-refractivity contribution in [2.45, 2.75) is 85.0 Å². The third kappa shape index (κ3) is 8.95. The SMILES string of the molecule is CC/C=C/CCOc1c(OC(C)=O)c2cccc(OCCCCCCCCCC)c2oc1=O. The summed E-state index contributed by atoms with van der Waals surface area (Å²) in [5.41, 5.74) is -0.433. The zero-order valence-electron chi connectivity index (χ0n) is 20.3. The standard InChI is InChI=1S/C27H38O6/c1-4-6-8-10-11-12-13-15-19-30-23-18-16-17-22-24(23)33-27(29)26(25(22)32-21(3)28)31-20-14-9-7-5-2/h7,9,16-18H,4-6,8,10-15,19-20H2,1-3H3/b9-7+. The van der Waals surface area contributed by atoms with Crippen LogP contribution < -0.4 is 19.8 Å². The van der Waals surface area contributed by atoms with Gasteiger partial charge >= 0.3 is 11.6 Å². The molecule has 0 aliphatic heterocycles. The zero-order chi connectivity index (χ0) is 23.9. The fraction of sp³-hybridized carbons (Fsp3) is 0.556. The van der Waals surface area contributed by atoms with Gasteiger partial charge < -0.3 is 18.6 Å². The molecule has 0 spiro atoms. The molecule has 1 aromatic carbocycles. The second-order valence-electron chi connectivity index (χ2n) is 8.11. The highest BCUT2D eigenvalue weighted by Gasteiger charge is 2.21. The minimum atomic E-state index is -0.693. The van der Waals surface area contributed by atoms with Gasteiger partial charge in [0.1, 0.15) is 0 Å². The molecule has 0 bridgehead atoms. The number of esters is 1. The van der Waals surface area contributed by atoms with Crippen molar-refractivity contribution >= 4 is 16.9 Å². The Hall–Kier alpha value is -2.76.